The summed E-state index contributed by atoms with van der Waals surface area (Å²) in [5.41, 5.74) is 3.37. The van der Waals surface area contributed by atoms with Gasteiger partial charge >= 0.3 is 0 Å². The molecule has 0 unspecified atom stereocenters. The van der Waals surface area contributed by atoms with Gasteiger partial charge in [0.25, 0.3) is 5.91 Å². The normalized spacial score (nSPS) is 19.5. The fraction of sp³-hybridized carbons (Fsp3) is 0.333. The number of aromatic nitrogens is 5. The van der Waals surface area contributed by atoms with Crippen LogP contribution in [0.5, 0.6) is 0 Å². The first-order valence-corrected chi connectivity index (χ1v) is 11.1. The lowest BCUT2D eigenvalue weighted by molar-refractivity contribution is 0.0388. The first kappa shape index (κ1) is 20.9. The Balaban J connectivity index is 1.46. The van der Waals surface area contributed by atoms with Crippen LogP contribution in [0.2, 0.25) is 0 Å². The van der Waals surface area contributed by atoms with Crippen molar-refractivity contribution in [2.24, 2.45) is 14.1 Å². The van der Waals surface area contributed by atoms with E-state index in [1.165, 1.54) is 6.33 Å². The van der Waals surface area contributed by atoms with Crippen LogP contribution in [0, 0.1) is 17.5 Å². The van der Waals surface area contributed by atoms with E-state index in [4.69, 9.17) is 0 Å². The molecule has 2 aliphatic heterocycles. The lowest BCUT2D eigenvalue weighted by atomic mass is 9.81. The average molecular weight is 466 g/mol. The van der Waals surface area contributed by atoms with E-state index in [-0.39, 0.29) is 23.6 Å². The van der Waals surface area contributed by atoms with Gasteiger partial charge in [-0.2, -0.15) is 5.10 Å². The number of carbonyl (C=O) groups excluding carboxylic acids is 1. The molecule has 7 nitrogen and oxygen atoms in total. The first-order valence-electron chi connectivity index (χ1n) is 11.1. The van der Waals surface area contributed by atoms with Crippen LogP contribution in [0.4, 0.5) is 13.2 Å². The molecule has 2 aliphatic rings. The Kier molecular flexibility index (Phi) is 4.55. The van der Waals surface area contributed by atoms with E-state index >= 15 is 0 Å². The lowest BCUT2D eigenvalue weighted by Crippen LogP contribution is -2.50. The van der Waals surface area contributed by atoms with Crippen molar-refractivity contribution < 1.29 is 18.0 Å². The van der Waals surface area contributed by atoms with Gasteiger partial charge in [0.15, 0.2) is 17.5 Å². The molecule has 174 valence electrons. The number of piperidine rings is 1. The fourth-order valence-corrected chi connectivity index (χ4v) is 5.57. The summed E-state index contributed by atoms with van der Waals surface area (Å²) >= 11 is 0. The second kappa shape index (κ2) is 7.41. The molecular formula is C24H21F3N6O. The molecule has 5 heterocycles. The molecule has 2 bridgehead atoms. The third kappa shape index (κ3) is 2.90. The Morgan fingerprint density at radius 1 is 1.09 bits per heavy atom. The molecule has 4 aromatic rings. The van der Waals surface area contributed by atoms with Crippen LogP contribution in [0.1, 0.15) is 47.1 Å². The summed E-state index contributed by atoms with van der Waals surface area (Å²) in [5.74, 6) is -4.16. The number of benzene rings is 1. The van der Waals surface area contributed by atoms with Crippen LogP contribution in [0.25, 0.3) is 22.3 Å². The van der Waals surface area contributed by atoms with Crippen molar-refractivity contribution in [2.45, 2.75) is 37.8 Å². The molecule has 0 radical (unpaired) electrons. The van der Waals surface area contributed by atoms with E-state index < -0.39 is 17.5 Å². The molecule has 2 atom stereocenters. The standard InChI is InChI=1S/C24H21F3N6O/c1-31-7-6-14-21(28-11-29-23(14)31)24(34)33-13-4-3-5-18(33)20-15(10-13)22(32(2)30-20)12-8-16(25)19(27)17(26)9-12/h6-9,11,13,18H,3-5,10H2,1-2H3/t13-,18+/m1/s1. The molecule has 1 saturated heterocycles. The lowest BCUT2D eigenvalue weighted by Gasteiger charge is -2.45. The second-order valence-electron chi connectivity index (χ2n) is 8.99. The van der Waals surface area contributed by atoms with Crippen molar-refractivity contribution in [3.8, 4) is 11.3 Å². The summed E-state index contributed by atoms with van der Waals surface area (Å²) in [6, 6.07) is 3.44. The van der Waals surface area contributed by atoms with E-state index in [0.29, 0.717) is 34.5 Å². The SMILES string of the molecule is Cn1nc2c(c1-c1cc(F)c(F)c(F)c1)C[C@H]1CCC[C@@H]2N1C(=O)c1ncnc2c1ccn2C. The van der Waals surface area contributed by atoms with Crippen LogP contribution in [-0.4, -0.2) is 41.2 Å². The molecule has 0 spiro atoms. The number of halogens is 3. The number of carbonyl (C=O) groups is 1. The Labute approximate surface area is 192 Å². The molecule has 6 rings (SSSR count). The highest BCUT2D eigenvalue weighted by Crippen LogP contribution is 2.45. The van der Waals surface area contributed by atoms with Crippen molar-refractivity contribution in [3.63, 3.8) is 0 Å². The van der Waals surface area contributed by atoms with Gasteiger partial charge in [-0.05, 0) is 43.9 Å². The highest BCUT2D eigenvalue weighted by molar-refractivity contribution is 6.04. The summed E-state index contributed by atoms with van der Waals surface area (Å²) in [6.45, 7) is 0. The van der Waals surface area contributed by atoms with Gasteiger partial charge in [-0.25, -0.2) is 23.1 Å². The zero-order valence-electron chi connectivity index (χ0n) is 18.6. The van der Waals surface area contributed by atoms with Crippen molar-refractivity contribution in [2.75, 3.05) is 0 Å². The Bertz CT molecular complexity index is 1450. The Morgan fingerprint density at radius 2 is 1.85 bits per heavy atom. The fourth-order valence-electron chi connectivity index (χ4n) is 5.57. The molecular weight excluding hydrogens is 445 g/mol. The van der Waals surface area contributed by atoms with Crippen molar-refractivity contribution >= 4 is 16.9 Å². The number of fused-ring (bicyclic) bond motifs is 5. The molecule has 1 aromatic carbocycles. The number of amides is 1. The maximum Gasteiger partial charge on any atom is 0.274 e. The second-order valence-corrected chi connectivity index (χ2v) is 8.99. The van der Waals surface area contributed by atoms with Crippen LogP contribution in [0.15, 0.2) is 30.7 Å². The number of nitrogens with zero attached hydrogens (tertiary/aromatic N) is 6. The van der Waals surface area contributed by atoms with Crippen LogP contribution in [0.3, 0.4) is 0 Å². The summed E-state index contributed by atoms with van der Waals surface area (Å²) in [4.78, 5) is 24.3. The maximum absolute atomic E-state index is 14.0. The average Bonchev–Trinajstić information content (AvgIpc) is 3.35. The van der Waals surface area contributed by atoms with E-state index in [1.54, 1.807) is 11.7 Å². The van der Waals surface area contributed by atoms with Gasteiger partial charge < -0.3 is 9.47 Å². The van der Waals surface area contributed by atoms with Crippen LogP contribution >= 0.6 is 0 Å². The predicted octanol–water partition coefficient (Wildman–Crippen LogP) is 4.08. The summed E-state index contributed by atoms with van der Waals surface area (Å²) in [6.07, 6.45) is 6.19. The highest BCUT2D eigenvalue weighted by atomic mass is 19.2. The molecule has 1 fully saturated rings. The Hall–Kier alpha value is -3.69. The minimum atomic E-state index is -1.49. The van der Waals surface area contributed by atoms with Crippen molar-refractivity contribution in [1.29, 1.82) is 0 Å². The third-order valence-electron chi connectivity index (χ3n) is 7.03. The number of hydrogen-bond donors (Lipinski definition) is 0. The first-order chi connectivity index (χ1) is 16.3. The predicted molar refractivity (Wildman–Crippen MR) is 117 cm³/mol. The smallest absolute Gasteiger partial charge is 0.274 e. The largest absolute Gasteiger partial charge is 0.335 e. The van der Waals surface area contributed by atoms with Crippen LogP contribution < -0.4 is 0 Å². The van der Waals surface area contributed by atoms with E-state index in [2.05, 4.69) is 15.1 Å². The summed E-state index contributed by atoms with van der Waals surface area (Å²) in [7, 11) is 3.56. The zero-order chi connectivity index (χ0) is 23.7. The molecule has 34 heavy (non-hydrogen) atoms. The van der Waals surface area contributed by atoms with Crippen molar-refractivity contribution in [3.05, 3.63) is 65.1 Å². The van der Waals surface area contributed by atoms with E-state index in [9.17, 15) is 18.0 Å². The molecule has 0 N–H and O–H groups in total. The maximum atomic E-state index is 14.0. The molecule has 3 aromatic heterocycles. The minimum absolute atomic E-state index is 0.106. The number of rotatable bonds is 2. The summed E-state index contributed by atoms with van der Waals surface area (Å²) < 4.78 is 45.0. The van der Waals surface area contributed by atoms with E-state index in [0.717, 1.165) is 37.0 Å². The van der Waals surface area contributed by atoms with Gasteiger partial charge in [-0.15, -0.1) is 0 Å². The van der Waals surface area contributed by atoms with Gasteiger partial charge in [0.1, 0.15) is 17.7 Å². The van der Waals surface area contributed by atoms with Crippen LogP contribution in [-0.2, 0) is 20.5 Å². The molecule has 10 heteroatoms. The van der Waals surface area contributed by atoms with Gasteiger partial charge in [0, 0.05) is 37.5 Å². The van der Waals surface area contributed by atoms with E-state index in [1.807, 2.05) is 28.8 Å². The molecule has 0 aliphatic carbocycles. The van der Waals surface area contributed by atoms with Gasteiger partial charge in [0.05, 0.1) is 22.8 Å². The molecule has 1 amide bonds. The number of hydrogen-bond acceptors (Lipinski definition) is 4. The van der Waals surface area contributed by atoms with Crippen molar-refractivity contribution in [1.82, 2.24) is 29.2 Å². The minimum Gasteiger partial charge on any atom is -0.335 e. The topological polar surface area (TPSA) is 68.8 Å². The van der Waals surface area contributed by atoms with Gasteiger partial charge in [0.2, 0.25) is 0 Å². The Morgan fingerprint density at radius 3 is 2.62 bits per heavy atom. The monoisotopic (exact) mass is 466 g/mol. The van der Waals surface area contributed by atoms with Gasteiger partial charge in [-0.3, -0.25) is 9.48 Å². The zero-order valence-corrected chi connectivity index (χ0v) is 18.6. The quantitative estimate of drug-likeness (QED) is 0.418. The third-order valence-corrected chi connectivity index (χ3v) is 7.03. The summed E-state index contributed by atoms with van der Waals surface area (Å²) in [5, 5.41) is 5.36. The van der Waals surface area contributed by atoms with Gasteiger partial charge in [-0.1, -0.05) is 0 Å². The molecule has 0 saturated carbocycles. The number of aryl methyl sites for hydroxylation is 2. The highest BCUT2D eigenvalue weighted by Gasteiger charge is 2.44.